The summed E-state index contributed by atoms with van der Waals surface area (Å²) >= 11 is 0. The van der Waals surface area contributed by atoms with Crippen LogP contribution in [-0.4, -0.2) is 135 Å². The summed E-state index contributed by atoms with van der Waals surface area (Å²) in [6.07, 6.45) is 10.6. The first-order valence-corrected chi connectivity index (χ1v) is 38.6. The molecule has 0 amide bonds. The number of carbonyl (C=O) groups excluding carboxylic acids is 2. The van der Waals surface area contributed by atoms with Gasteiger partial charge < -0.3 is 61.3 Å². The third-order valence-electron chi connectivity index (χ3n) is 18.9. The van der Waals surface area contributed by atoms with Crippen molar-refractivity contribution in [2.45, 2.75) is 288 Å². The molecule has 502 valence electrons. The Balaban J connectivity index is 1.46. The minimum absolute atomic E-state index is 0.0211. The summed E-state index contributed by atoms with van der Waals surface area (Å²) in [7, 11) is -0.148. The first-order valence-electron chi connectivity index (χ1n) is 32.8. The van der Waals surface area contributed by atoms with Crippen molar-refractivity contribution in [1.29, 1.82) is 0 Å². The van der Waals surface area contributed by atoms with Crippen LogP contribution in [0.3, 0.4) is 0 Å². The molecule has 0 aliphatic carbocycles. The van der Waals surface area contributed by atoms with Gasteiger partial charge in [-0.3, -0.25) is 9.59 Å². The molecule has 18 heteroatoms. The zero-order valence-corrected chi connectivity index (χ0v) is 59.4. The average Bonchev–Trinajstić information content (AvgIpc) is 0.793. The number of unbranched alkanes of at least 4 members (excludes halogenated alkanes) is 4. The smallest absolute Gasteiger partial charge is 0.330 e. The van der Waals surface area contributed by atoms with Crippen LogP contribution in [0.4, 0.5) is 0 Å². The van der Waals surface area contributed by atoms with E-state index < -0.39 is 76.3 Å². The van der Waals surface area contributed by atoms with Crippen molar-refractivity contribution in [3.63, 3.8) is 0 Å². The predicted molar refractivity (Wildman–Crippen MR) is 354 cm³/mol. The molecular formula is C71H114O16Si2. The van der Waals surface area contributed by atoms with E-state index in [0.717, 1.165) is 48.1 Å². The molecule has 3 aliphatic rings. The SMILES string of the molecule is C=C1C[C@@H](C[C@H]2C[C@@H](O[Si](C)(C)C(C)(C)C)C[C@@H](C[C@H](CCC(=O)O)OCc3ccc(OC)cc3)O2)O[C@@H](C=CC(C)(C)[C@]2(OC)O[C@H](C[C@@H](O[Si](C)(C)C(C)(C)C)[C@@H](C)OCOCc3ccccc3)CC(=CC(=O)OC)[C@@H]2OC(=O)CCCCCCC)C1. The number of carboxylic acids is 1. The number of hydrogen-bond acceptors (Lipinski definition) is 15. The number of rotatable bonds is 35. The Hall–Kier alpha value is -4.06. The van der Waals surface area contributed by atoms with E-state index >= 15 is 0 Å². The third-order valence-corrected chi connectivity index (χ3v) is 27.9. The van der Waals surface area contributed by atoms with Gasteiger partial charge in [0.15, 0.2) is 22.7 Å². The van der Waals surface area contributed by atoms with Gasteiger partial charge in [-0.2, -0.15) is 0 Å². The maximum absolute atomic E-state index is 14.2. The summed E-state index contributed by atoms with van der Waals surface area (Å²) in [5, 5.41) is 9.63. The van der Waals surface area contributed by atoms with E-state index in [-0.39, 0.29) is 66.7 Å². The molecule has 2 aromatic carbocycles. The standard InChI is InChI=1S/C71H114O16Si2/c1-19-20-21-22-26-29-65(74)84-67-54(41-66(75)77-13)40-61(46-63(87-89(17,18)69(7,8)9)51(3)81-49-79-47-52-27-24-23-25-28-52)85-71(67,78-14)70(10,11)37-36-57-38-50(2)39-58(82-57)43-60-45-62(86-88(15,16)68(4,5)6)44-59(83-60)42-56(34-35-64(72)73)80-48-53-30-32-55(76-12)33-31-53/h23-25,27-28,30-33,36-37,41,51,56-63,67H,2,19-22,26,29,34-35,38-40,42-49H2,1,3-18H3,(H,72,73)/t51-,56+,57+,58+,59-,60+,61+,62+,63-,67+,71-/m1/s1. The lowest BCUT2D eigenvalue weighted by atomic mass is 9.73. The molecule has 0 saturated carbocycles. The molecule has 2 aromatic rings. The Bertz CT molecular complexity index is 2550. The van der Waals surface area contributed by atoms with Gasteiger partial charge in [-0.05, 0) is 123 Å². The fourth-order valence-corrected chi connectivity index (χ4v) is 14.4. The van der Waals surface area contributed by atoms with Crippen LogP contribution in [0.15, 0.2) is 90.6 Å². The first-order chi connectivity index (χ1) is 41.8. The first kappa shape index (κ1) is 75.7. The number of methoxy groups -OCH3 is 3. The maximum atomic E-state index is 14.2. The Kier molecular flexibility index (Phi) is 29.5. The van der Waals surface area contributed by atoms with E-state index in [9.17, 15) is 19.5 Å². The molecule has 0 bridgehead atoms. The summed E-state index contributed by atoms with van der Waals surface area (Å²) in [6, 6.07) is 17.7. The van der Waals surface area contributed by atoms with Gasteiger partial charge >= 0.3 is 17.9 Å². The molecule has 3 aliphatic heterocycles. The monoisotopic (exact) mass is 1280 g/mol. The van der Waals surface area contributed by atoms with Crippen LogP contribution >= 0.6 is 0 Å². The molecule has 0 aromatic heterocycles. The highest BCUT2D eigenvalue weighted by Gasteiger charge is 2.59. The predicted octanol–water partition coefficient (Wildman–Crippen LogP) is 15.7. The van der Waals surface area contributed by atoms with E-state index in [0.29, 0.717) is 76.6 Å². The number of benzene rings is 2. The molecule has 11 atom stereocenters. The van der Waals surface area contributed by atoms with Crippen molar-refractivity contribution < 1.29 is 75.7 Å². The van der Waals surface area contributed by atoms with Crippen molar-refractivity contribution in [1.82, 2.24) is 0 Å². The molecular weight excluding hydrogens is 1160 g/mol. The van der Waals surface area contributed by atoms with Gasteiger partial charge in [0.25, 0.3) is 0 Å². The minimum Gasteiger partial charge on any atom is -0.497 e. The van der Waals surface area contributed by atoms with Crippen molar-refractivity contribution in [2.24, 2.45) is 5.41 Å². The summed E-state index contributed by atoms with van der Waals surface area (Å²) in [6.45, 7) is 35.8. The minimum atomic E-state index is -2.45. The van der Waals surface area contributed by atoms with Gasteiger partial charge in [0.2, 0.25) is 5.79 Å². The second-order valence-electron chi connectivity index (χ2n) is 28.6. The molecule has 5 rings (SSSR count). The van der Waals surface area contributed by atoms with Gasteiger partial charge in [0.1, 0.15) is 12.5 Å². The van der Waals surface area contributed by atoms with Crippen molar-refractivity contribution in [3.05, 3.63) is 102 Å². The topological polar surface area (TPSA) is 182 Å². The highest BCUT2D eigenvalue weighted by molar-refractivity contribution is 6.74. The van der Waals surface area contributed by atoms with E-state index in [1.165, 1.54) is 13.2 Å². The van der Waals surface area contributed by atoms with Crippen molar-refractivity contribution >= 4 is 34.5 Å². The fraction of sp³-hybridized carbons (Fsp3) is 0.704. The molecule has 3 heterocycles. The number of hydrogen-bond donors (Lipinski definition) is 1. The highest BCUT2D eigenvalue weighted by atomic mass is 28.4. The van der Waals surface area contributed by atoms with Crippen LogP contribution in [0.25, 0.3) is 0 Å². The maximum Gasteiger partial charge on any atom is 0.330 e. The Morgan fingerprint density at radius 1 is 0.764 bits per heavy atom. The normalized spacial score (nSPS) is 24.8. The molecule has 3 fully saturated rings. The fourth-order valence-electron chi connectivity index (χ4n) is 11.6. The molecule has 89 heavy (non-hydrogen) atoms. The quantitative estimate of drug-likeness (QED) is 0.0172. The lowest BCUT2D eigenvalue weighted by molar-refractivity contribution is -0.338. The zero-order valence-electron chi connectivity index (χ0n) is 57.4. The summed E-state index contributed by atoms with van der Waals surface area (Å²) in [5.41, 5.74) is 2.47. The van der Waals surface area contributed by atoms with Crippen LogP contribution in [-0.2, 0) is 79.1 Å². The van der Waals surface area contributed by atoms with Crippen LogP contribution in [0.5, 0.6) is 5.75 Å². The lowest BCUT2D eigenvalue weighted by Gasteiger charge is -2.53. The Morgan fingerprint density at radius 3 is 2.06 bits per heavy atom. The second-order valence-corrected chi connectivity index (χ2v) is 38.2. The van der Waals surface area contributed by atoms with E-state index in [2.05, 4.69) is 81.2 Å². The summed E-state index contributed by atoms with van der Waals surface area (Å²) < 4.78 is 78.8. The molecule has 16 nitrogen and oxygen atoms in total. The molecule has 1 N–H and O–H groups in total. The van der Waals surface area contributed by atoms with Crippen LogP contribution in [0, 0.1) is 5.41 Å². The number of carboxylic acid groups (broad SMARTS) is 1. The van der Waals surface area contributed by atoms with E-state index in [1.54, 1.807) is 14.2 Å². The van der Waals surface area contributed by atoms with Crippen molar-refractivity contribution in [2.75, 3.05) is 28.1 Å². The van der Waals surface area contributed by atoms with Gasteiger partial charge in [-0.15, -0.1) is 0 Å². The second kappa shape index (κ2) is 34.7. The number of esters is 2. The van der Waals surface area contributed by atoms with Crippen LogP contribution in [0.2, 0.25) is 36.3 Å². The third kappa shape index (κ3) is 23.5. The van der Waals surface area contributed by atoms with Gasteiger partial charge in [0.05, 0.1) is 76.3 Å². The Labute approximate surface area is 537 Å². The number of aliphatic carboxylic acids is 1. The van der Waals surface area contributed by atoms with Crippen molar-refractivity contribution in [3.8, 4) is 5.75 Å². The number of carbonyl (C=O) groups is 3. The van der Waals surface area contributed by atoms with Crippen LogP contribution < -0.4 is 4.74 Å². The van der Waals surface area contributed by atoms with Gasteiger partial charge in [-0.25, -0.2) is 4.79 Å². The zero-order chi connectivity index (χ0) is 65.8. The van der Waals surface area contributed by atoms with E-state index in [1.807, 2.05) is 87.5 Å². The lowest BCUT2D eigenvalue weighted by Crippen LogP contribution is -2.63. The van der Waals surface area contributed by atoms with Gasteiger partial charge in [0, 0.05) is 50.4 Å². The largest absolute Gasteiger partial charge is 0.497 e. The average molecular weight is 1280 g/mol. The Morgan fingerprint density at radius 2 is 1.43 bits per heavy atom. The van der Waals surface area contributed by atoms with E-state index in [4.69, 9.17) is 56.2 Å². The summed E-state index contributed by atoms with van der Waals surface area (Å²) in [4.78, 5) is 39.6. The van der Waals surface area contributed by atoms with Gasteiger partial charge in [-0.1, -0.05) is 155 Å². The highest BCUT2D eigenvalue weighted by Crippen LogP contribution is 2.50. The molecule has 0 spiro atoms. The number of ether oxygens (including phenoxy) is 10. The molecule has 3 saturated heterocycles. The van der Waals surface area contributed by atoms with Crippen LogP contribution in [0.1, 0.15) is 183 Å². The summed E-state index contributed by atoms with van der Waals surface area (Å²) in [5.74, 6) is -2.83. The molecule has 0 unspecified atom stereocenters. The molecule has 0 radical (unpaired) electrons.